The minimum atomic E-state index is -0.0305. The number of rotatable bonds is 10. The van der Waals surface area contributed by atoms with Gasteiger partial charge in [-0.05, 0) is 105 Å². The Labute approximate surface area is 243 Å². The molecule has 0 radical (unpaired) electrons. The lowest BCUT2D eigenvalue weighted by molar-refractivity contribution is 0.562. The molecule has 0 amide bonds. The fourth-order valence-electron chi connectivity index (χ4n) is 5.77. The highest BCUT2D eigenvalue weighted by molar-refractivity contribution is 6.32. The van der Waals surface area contributed by atoms with Crippen LogP contribution in [-0.2, 0) is 12.8 Å². The van der Waals surface area contributed by atoms with E-state index in [1.807, 2.05) is 0 Å². The van der Waals surface area contributed by atoms with Gasteiger partial charge in [-0.25, -0.2) is 4.39 Å². The first-order chi connectivity index (χ1) is 18.2. The number of hydrogen-bond acceptors (Lipinski definition) is 0. The maximum Gasteiger partial charge on any atom is 0.129 e. The molecular formula is C37H50ClF. The summed E-state index contributed by atoms with van der Waals surface area (Å²) >= 11 is 6.80. The molecule has 2 heteroatoms. The molecule has 0 heterocycles. The van der Waals surface area contributed by atoms with Crippen molar-refractivity contribution >= 4 is 11.6 Å². The zero-order valence-electron chi connectivity index (χ0n) is 26.2. The quantitative estimate of drug-likeness (QED) is 0.236. The first-order valence-electron chi connectivity index (χ1n) is 15.0. The van der Waals surface area contributed by atoms with Crippen LogP contribution in [0.5, 0.6) is 0 Å². The third-order valence-electron chi connectivity index (χ3n) is 8.39. The van der Waals surface area contributed by atoms with Crippen LogP contribution in [0.4, 0.5) is 4.39 Å². The minimum absolute atomic E-state index is 0.0305. The van der Waals surface area contributed by atoms with E-state index in [-0.39, 0.29) is 17.7 Å². The fraction of sp³-hybridized carbons (Fsp3) is 0.514. The van der Waals surface area contributed by atoms with Gasteiger partial charge in [0.15, 0.2) is 0 Å². The van der Waals surface area contributed by atoms with E-state index in [1.54, 1.807) is 0 Å². The summed E-state index contributed by atoms with van der Waals surface area (Å²) in [6.45, 7) is 24.2. The largest absolute Gasteiger partial charge is 0.206 e. The van der Waals surface area contributed by atoms with Crippen molar-refractivity contribution in [3.63, 3.8) is 0 Å². The molecule has 0 saturated heterocycles. The van der Waals surface area contributed by atoms with Gasteiger partial charge in [-0.1, -0.05) is 123 Å². The zero-order chi connectivity index (χ0) is 29.2. The van der Waals surface area contributed by atoms with Crippen LogP contribution in [0.1, 0.15) is 155 Å². The van der Waals surface area contributed by atoms with E-state index >= 15 is 4.39 Å². The Morgan fingerprint density at radius 1 is 0.590 bits per heavy atom. The lowest BCUT2D eigenvalue weighted by Crippen LogP contribution is -2.10. The maximum atomic E-state index is 16.3. The van der Waals surface area contributed by atoms with Crippen LogP contribution in [0.25, 0.3) is 0 Å². The molecule has 2 unspecified atom stereocenters. The van der Waals surface area contributed by atoms with Crippen molar-refractivity contribution in [1.82, 2.24) is 0 Å². The number of aryl methyl sites for hydroxylation is 1. The molecular weight excluding hydrogens is 499 g/mol. The van der Waals surface area contributed by atoms with E-state index in [4.69, 9.17) is 11.6 Å². The fourth-order valence-corrected chi connectivity index (χ4v) is 6.31. The minimum Gasteiger partial charge on any atom is -0.206 e. The first-order valence-corrected chi connectivity index (χ1v) is 15.3. The van der Waals surface area contributed by atoms with Crippen molar-refractivity contribution in [2.24, 2.45) is 0 Å². The predicted molar refractivity (Wildman–Crippen MR) is 170 cm³/mol. The molecule has 0 aliphatic heterocycles. The van der Waals surface area contributed by atoms with Gasteiger partial charge < -0.3 is 0 Å². The normalized spacial score (nSPS) is 13.7. The smallest absolute Gasteiger partial charge is 0.129 e. The van der Waals surface area contributed by atoms with Crippen LogP contribution in [0.3, 0.4) is 0 Å². The highest BCUT2D eigenvalue weighted by atomic mass is 35.5. The summed E-state index contributed by atoms with van der Waals surface area (Å²) in [6, 6.07) is 15.5. The Bertz CT molecular complexity index is 1250. The molecule has 0 aromatic heterocycles. The number of benzene rings is 3. The molecule has 212 valence electrons. The van der Waals surface area contributed by atoms with E-state index in [2.05, 4.69) is 119 Å². The van der Waals surface area contributed by atoms with Crippen molar-refractivity contribution in [3.8, 4) is 0 Å². The van der Waals surface area contributed by atoms with Gasteiger partial charge in [-0.15, -0.1) is 0 Å². The average molecular weight is 549 g/mol. The Kier molecular flexibility index (Phi) is 10.5. The topological polar surface area (TPSA) is 0 Å². The Hall–Kier alpha value is -2.12. The molecule has 3 rings (SSSR count). The van der Waals surface area contributed by atoms with Crippen molar-refractivity contribution in [3.05, 3.63) is 103 Å². The summed E-state index contributed by atoms with van der Waals surface area (Å²) < 4.78 is 16.3. The SMILES string of the molecule is Cc1ccc(C(C)Cc2cc(C(C)C)cc(C(C)Cc3cc(C(C)C)c(Cl)c(C(C)C)c3)c2F)cc1C(C)C. The van der Waals surface area contributed by atoms with E-state index < -0.39 is 0 Å². The van der Waals surface area contributed by atoms with E-state index in [0.29, 0.717) is 30.1 Å². The number of hydrogen-bond donors (Lipinski definition) is 0. The van der Waals surface area contributed by atoms with Gasteiger partial charge in [0.1, 0.15) is 5.82 Å². The van der Waals surface area contributed by atoms with Crippen LogP contribution >= 0.6 is 11.6 Å². The lowest BCUT2D eigenvalue weighted by Gasteiger charge is -2.23. The van der Waals surface area contributed by atoms with Gasteiger partial charge >= 0.3 is 0 Å². The molecule has 0 fully saturated rings. The van der Waals surface area contributed by atoms with Crippen LogP contribution in [0.2, 0.25) is 5.02 Å². The summed E-state index contributed by atoms with van der Waals surface area (Å²) in [7, 11) is 0. The molecule has 2 atom stereocenters. The predicted octanol–water partition coefficient (Wildman–Crippen LogP) is 12.0. The van der Waals surface area contributed by atoms with Gasteiger partial charge in [0.2, 0.25) is 0 Å². The Balaban J connectivity index is 1.99. The van der Waals surface area contributed by atoms with Crippen LogP contribution in [0, 0.1) is 12.7 Å². The van der Waals surface area contributed by atoms with Crippen molar-refractivity contribution < 1.29 is 4.39 Å². The summed E-state index contributed by atoms with van der Waals surface area (Å²) in [6.07, 6.45) is 1.49. The van der Waals surface area contributed by atoms with E-state index in [1.165, 1.54) is 38.9 Å². The molecule has 0 spiro atoms. The summed E-state index contributed by atoms with van der Waals surface area (Å²) in [4.78, 5) is 0. The summed E-state index contributed by atoms with van der Waals surface area (Å²) in [5.41, 5.74) is 10.5. The molecule has 39 heavy (non-hydrogen) atoms. The van der Waals surface area contributed by atoms with Crippen molar-refractivity contribution in [1.29, 1.82) is 0 Å². The molecule has 3 aromatic carbocycles. The van der Waals surface area contributed by atoms with Crippen LogP contribution in [0.15, 0.2) is 42.5 Å². The molecule has 0 saturated carbocycles. The monoisotopic (exact) mass is 548 g/mol. The maximum absolute atomic E-state index is 16.3. The molecule has 0 aliphatic rings. The molecule has 0 aliphatic carbocycles. The second-order valence-corrected chi connectivity index (χ2v) is 13.5. The van der Waals surface area contributed by atoms with Gasteiger partial charge in [0.25, 0.3) is 0 Å². The van der Waals surface area contributed by atoms with Gasteiger partial charge in [0, 0.05) is 5.02 Å². The second kappa shape index (κ2) is 13.0. The summed E-state index contributed by atoms with van der Waals surface area (Å²) in [5.74, 6) is 1.78. The second-order valence-electron chi connectivity index (χ2n) is 13.1. The highest BCUT2D eigenvalue weighted by Crippen LogP contribution is 2.37. The Morgan fingerprint density at radius 2 is 1.13 bits per heavy atom. The zero-order valence-corrected chi connectivity index (χ0v) is 26.9. The van der Waals surface area contributed by atoms with E-state index in [0.717, 1.165) is 22.6 Å². The van der Waals surface area contributed by atoms with E-state index in [9.17, 15) is 0 Å². The first kappa shape index (κ1) is 31.4. The van der Waals surface area contributed by atoms with Crippen molar-refractivity contribution in [2.75, 3.05) is 0 Å². The molecule has 0 nitrogen and oxygen atoms in total. The van der Waals surface area contributed by atoms with Gasteiger partial charge in [-0.2, -0.15) is 0 Å². The van der Waals surface area contributed by atoms with Gasteiger partial charge in [0.05, 0.1) is 0 Å². The third-order valence-corrected chi connectivity index (χ3v) is 8.83. The van der Waals surface area contributed by atoms with Crippen molar-refractivity contribution in [2.45, 2.75) is 125 Å². The highest BCUT2D eigenvalue weighted by Gasteiger charge is 2.22. The average Bonchev–Trinajstić information content (AvgIpc) is 2.85. The third kappa shape index (κ3) is 7.35. The number of halogens is 2. The van der Waals surface area contributed by atoms with Gasteiger partial charge in [-0.3, -0.25) is 0 Å². The Morgan fingerprint density at radius 3 is 1.64 bits per heavy atom. The molecule has 3 aromatic rings. The molecule has 0 N–H and O–H groups in total. The summed E-state index contributed by atoms with van der Waals surface area (Å²) in [5, 5.41) is 0.886. The van der Waals surface area contributed by atoms with Crippen LogP contribution < -0.4 is 0 Å². The molecule has 0 bridgehead atoms. The standard InChI is InChI=1S/C37H50ClF/c1-21(2)30-18-31(15-26(10)29-13-12-25(9)32(19-29)22(3)4)37(39)35(20-30)27(11)14-28-16-33(23(5)6)36(38)34(17-28)24(7)8/h12-13,16-24,26-27H,14-15H2,1-11H3. The van der Waals surface area contributed by atoms with Crippen LogP contribution in [-0.4, -0.2) is 0 Å². The lowest BCUT2D eigenvalue weighted by atomic mass is 9.83.